The van der Waals surface area contributed by atoms with Crippen molar-refractivity contribution in [2.75, 3.05) is 11.9 Å². The standard InChI is InChI=1S/C29H32F3NO2/c1-19(18-35-28(34)22-11-7-4-8-12-22)13-15-24-20(2)25-17-23(29(30,31)32)14-16-26(25)33-27(24)21-9-5-3-6-10-21/h3-9,11-12,14,16-17,19-21,24,27,33H,10,13,15,18H2,1-2H3/t19-,20+,21?,24-,27+/m1/s1. The van der Waals surface area contributed by atoms with Crippen LogP contribution in [0.4, 0.5) is 18.9 Å². The zero-order valence-electron chi connectivity index (χ0n) is 20.1. The number of hydrogen-bond donors (Lipinski definition) is 1. The molecule has 0 radical (unpaired) electrons. The summed E-state index contributed by atoms with van der Waals surface area (Å²) in [5.74, 6) is 0.196. The van der Waals surface area contributed by atoms with Crippen molar-refractivity contribution in [3.63, 3.8) is 0 Å². The number of rotatable bonds is 7. The summed E-state index contributed by atoms with van der Waals surface area (Å²) in [6.45, 7) is 4.40. The van der Waals surface area contributed by atoms with Crippen LogP contribution in [0.25, 0.3) is 0 Å². The fourth-order valence-electron chi connectivity index (χ4n) is 5.23. The van der Waals surface area contributed by atoms with Gasteiger partial charge in [-0.1, -0.05) is 56.4 Å². The lowest BCUT2D eigenvalue weighted by atomic mass is 9.70. The molecule has 1 unspecified atom stereocenters. The molecule has 0 spiro atoms. The number of fused-ring (bicyclic) bond motifs is 1. The van der Waals surface area contributed by atoms with Crippen LogP contribution in [0.15, 0.2) is 72.8 Å². The largest absolute Gasteiger partial charge is 0.462 e. The highest BCUT2D eigenvalue weighted by atomic mass is 19.4. The fourth-order valence-corrected chi connectivity index (χ4v) is 5.23. The molecule has 2 aromatic carbocycles. The van der Waals surface area contributed by atoms with Gasteiger partial charge in [0.2, 0.25) is 0 Å². The fraction of sp³-hybridized carbons (Fsp3) is 0.414. The lowest BCUT2D eigenvalue weighted by Gasteiger charge is -2.43. The Morgan fingerprint density at radius 1 is 1.14 bits per heavy atom. The Balaban J connectivity index is 1.46. The van der Waals surface area contributed by atoms with E-state index in [0.29, 0.717) is 12.2 Å². The van der Waals surface area contributed by atoms with Crippen LogP contribution in [0.1, 0.15) is 60.5 Å². The minimum absolute atomic E-state index is 0.0306. The molecule has 0 fully saturated rings. The first-order valence-electron chi connectivity index (χ1n) is 12.3. The highest BCUT2D eigenvalue weighted by molar-refractivity contribution is 5.89. The molecular formula is C29H32F3NO2. The number of ether oxygens (including phenoxy) is 1. The lowest BCUT2D eigenvalue weighted by Crippen LogP contribution is -2.42. The van der Waals surface area contributed by atoms with Crippen molar-refractivity contribution in [2.45, 2.75) is 51.2 Å². The SMILES string of the molecule is C[C@H](CC[C@@H]1[C@H](C)c2cc(C(F)(F)F)ccc2N[C@H]1C1C=CC=CC1)COC(=O)c1ccccc1. The lowest BCUT2D eigenvalue weighted by molar-refractivity contribution is -0.137. The third-order valence-electron chi connectivity index (χ3n) is 7.27. The van der Waals surface area contributed by atoms with Gasteiger partial charge in [-0.15, -0.1) is 0 Å². The number of halogens is 3. The van der Waals surface area contributed by atoms with E-state index in [2.05, 4.69) is 17.5 Å². The average molecular weight is 484 g/mol. The smallest absolute Gasteiger partial charge is 0.416 e. The van der Waals surface area contributed by atoms with Crippen LogP contribution >= 0.6 is 0 Å². The first kappa shape index (κ1) is 25.1. The number of nitrogens with one attached hydrogen (secondary N) is 1. The Bertz CT molecular complexity index is 1080. The highest BCUT2D eigenvalue weighted by Gasteiger charge is 2.39. The Labute approximate surface area is 205 Å². The number of anilines is 1. The van der Waals surface area contributed by atoms with Gasteiger partial charge in [0, 0.05) is 17.6 Å². The number of allylic oxidation sites excluding steroid dienone is 3. The van der Waals surface area contributed by atoms with Crippen molar-refractivity contribution in [3.05, 3.63) is 89.5 Å². The van der Waals surface area contributed by atoms with Crippen LogP contribution in [0, 0.1) is 17.8 Å². The van der Waals surface area contributed by atoms with Crippen molar-refractivity contribution in [1.82, 2.24) is 0 Å². The zero-order valence-corrected chi connectivity index (χ0v) is 20.1. The molecule has 0 saturated carbocycles. The van der Waals surface area contributed by atoms with E-state index in [-0.39, 0.29) is 35.7 Å². The molecule has 35 heavy (non-hydrogen) atoms. The molecule has 0 bridgehead atoms. The number of carbonyl (C=O) groups is 1. The van der Waals surface area contributed by atoms with Gasteiger partial charge < -0.3 is 10.1 Å². The van der Waals surface area contributed by atoms with Gasteiger partial charge in [0.1, 0.15) is 0 Å². The number of benzene rings is 2. The Kier molecular flexibility index (Phi) is 7.68. The van der Waals surface area contributed by atoms with Crippen LogP contribution in [0.5, 0.6) is 0 Å². The Morgan fingerprint density at radius 3 is 2.60 bits per heavy atom. The van der Waals surface area contributed by atoms with Crippen molar-refractivity contribution in [1.29, 1.82) is 0 Å². The molecule has 1 N–H and O–H groups in total. The summed E-state index contributed by atoms with van der Waals surface area (Å²) in [7, 11) is 0. The summed E-state index contributed by atoms with van der Waals surface area (Å²) < 4.78 is 45.7. The third-order valence-corrected chi connectivity index (χ3v) is 7.27. The maximum atomic E-state index is 13.4. The molecule has 0 amide bonds. The molecule has 186 valence electrons. The Morgan fingerprint density at radius 2 is 1.91 bits per heavy atom. The first-order valence-corrected chi connectivity index (χ1v) is 12.3. The van der Waals surface area contributed by atoms with Gasteiger partial charge in [0.05, 0.1) is 17.7 Å². The molecule has 3 nitrogen and oxygen atoms in total. The molecule has 1 heterocycles. The minimum atomic E-state index is -4.37. The van der Waals surface area contributed by atoms with Gasteiger partial charge >= 0.3 is 12.1 Å². The molecule has 0 saturated heterocycles. The van der Waals surface area contributed by atoms with E-state index in [4.69, 9.17) is 4.74 Å². The summed E-state index contributed by atoms with van der Waals surface area (Å²) in [6.07, 6.45) is 6.59. The monoisotopic (exact) mass is 483 g/mol. The van der Waals surface area contributed by atoms with Crippen molar-refractivity contribution >= 4 is 11.7 Å². The molecule has 1 aliphatic carbocycles. The maximum absolute atomic E-state index is 13.4. The highest BCUT2D eigenvalue weighted by Crippen LogP contribution is 2.45. The quantitative estimate of drug-likeness (QED) is 0.412. The number of carbonyl (C=O) groups excluding carboxylic acids is 1. The summed E-state index contributed by atoms with van der Waals surface area (Å²) in [6, 6.07) is 13.1. The molecular weight excluding hydrogens is 451 g/mol. The van der Waals surface area contributed by atoms with E-state index < -0.39 is 11.7 Å². The summed E-state index contributed by atoms with van der Waals surface area (Å²) >= 11 is 0. The summed E-state index contributed by atoms with van der Waals surface area (Å²) in [4.78, 5) is 12.3. The predicted molar refractivity (Wildman–Crippen MR) is 132 cm³/mol. The van der Waals surface area contributed by atoms with E-state index in [1.165, 1.54) is 6.07 Å². The second-order valence-electron chi connectivity index (χ2n) is 9.78. The van der Waals surface area contributed by atoms with E-state index in [1.54, 1.807) is 30.3 Å². The average Bonchev–Trinajstić information content (AvgIpc) is 2.86. The van der Waals surface area contributed by atoms with Gasteiger partial charge in [0.25, 0.3) is 0 Å². The van der Waals surface area contributed by atoms with Gasteiger partial charge in [0.15, 0.2) is 0 Å². The van der Waals surface area contributed by atoms with E-state index in [1.807, 2.05) is 32.1 Å². The van der Waals surface area contributed by atoms with Crippen molar-refractivity contribution < 1.29 is 22.7 Å². The van der Waals surface area contributed by atoms with Gasteiger partial charge in [-0.3, -0.25) is 0 Å². The number of hydrogen-bond acceptors (Lipinski definition) is 3. The van der Waals surface area contributed by atoms with Crippen molar-refractivity contribution in [2.24, 2.45) is 17.8 Å². The van der Waals surface area contributed by atoms with E-state index >= 15 is 0 Å². The maximum Gasteiger partial charge on any atom is 0.416 e. The first-order chi connectivity index (χ1) is 16.7. The van der Waals surface area contributed by atoms with Crippen LogP contribution in [0.3, 0.4) is 0 Å². The predicted octanol–water partition coefficient (Wildman–Crippen LogP) is 7.62. The van der Waals surface area contributed by atoms with Crippen LogP contribution in [-0.2, 0) is 10.9 Å². The zero-order chi connectivity index (χ0) is 25.0. The molecule has 6 heteroatoms. The van der Waals surface area contributed by atoms with Gasteiger partial charge in [-0.25, -0.2) is 4.79 Å². The van der Waals surface area contributed by atoms with Crippen LogP contribution < -0.4 is 5.32 Å². The molecule has 1 aliphatic heterocycles. The molecule has 2 aromatic rings. The topological polar surface area (TPSA) is 38.3 Å². The molecule has 0 aromatic heterocycles. The van der Waals surface area contributed by atoms with Gasteiger partial charge in [-0.05, 0) is 72.9 Å². The van der Waals surface area contributed by atoms with Crippen LogP contribution in [0.2, 0.25) is 0 Å². The second-order valence-corrected chi connectivity index (χ2v) is 9.78. The van der Waals surface area contributed by atoms with Crippen molar-refractivity contribution in [3.8, 4) is 0 Å². The number of alkyl halides is 3. The van der Waals surface area contributed by atoms with Crippen LogP contribution in [-0.4, -0.2) is 18.6 Å². The molecule has 4 rings (SSSR count). The van der Waals surface area contributed by atoms with E-state index in [9.17, 15) is 18.0 Å². The molecule has 5 atom stereocenters. The minimum Gasteiger partial charge on any atom is -0.462 e. The van der Waals surface area contributed by atoms with E-state index in [0.717, 1.165) is 36.6 Å². The summed E-state index contributed by atoms with van der Waals surface area (Å²) in [5, 5.41) is 3.58. The second kappa shape index (κ2) is 10.7. The third kappa shape index (κ3) is 5.98. The summed E-state index contributed by atoms with van der Waals surface area (Å²) in [5.41, 5.74) is 1.43. The van der Waals surface area contributed by atoms with Gasteiger partial charge in [-0.2, -0.15) is 13.2 Å². The normalized spacial score (nSPS) is 24.4. The Hall–Kier alpha value is -3.02. The number of esters is 1. The molecule has 2 aliphatic rings.